The first-order valence-corrected chi connectivity index (χ1v) is 7.17. The summed E-state index contributed by atoms with van der Waals surface area (Å²) < 4.78 is 10.1. The van der Waals surface area contributed by atoms with E-state index in [4.69, 9.17) is 14.6 Å². The van der Waals surface area contributed by atoms with Gasteiger partial charge in [0.15, 0.2) is 0 Å². The van der Waals surface area contributed by atoms with Crippen molar-refractivity contribution in [1.82, 2.24) is 4.98 Å². The first-order valence-electron chi connectivity index (χ1n) is 7.17. The first-order chi connectivity index (χ1) is 10.5. The van der Waals surface area contributed by atoms with E-state index in [0.29, 0.717) is 37.3 Å². The van der Waals surface area contributed by atoms with E-state index < -0.39 is 5.97 Å². The maximum absolute atomic E-state index is 12.3. The van der Waals surface area contributed by atoms with Crippen molar-refractivity contribution in [3.05, 3.63) is 12.1 Å². The summed E-state index contributed by atoms with van der Waals surface area (Å²) in [7, 11) is 2.97. The quantitative estimate of drug-likeness (QED) is 0.862. The molecule has 0 radical (unpaired) electrons. The van der Waals surface area contributed by atoms with Crippen LogP contribution in [-0.2, 0) is 9.59 Å². The Morgan fingerprint density at radius 2 is 1.77 bits per heavy atom. The Hall–Kier alpha value is -2.31. The van der Waals surface area contributed by atoms with Gasteiger partial charge in [0, 0.05) is 12.0 Å². The van der Waals surface area contributed by atoms with Crippen LogP contribution in [0.1, 0.15) is 25.7 Å². The maximum Gasteiger partial charge on any atom is 0.306 e. The number of amides is 1. The SMILES string of the molecule is COc1ccc(NC(=O)C2CCC(C(=O)O)CC2)c(OC)n1. The van der Waals surface area contributed by atoms with E-state index in [1.807, 2.05) is 0 Å². The third-order valence-electron chi connectivity index (χ3n) is 3.94. The van der Waals surface area contributed by atoms with Crippen LogP contribution in [0.4, 0.5) is 5.69 Å². The van der Waals surface area contributed by atoms with E-state index >= 15 is 0 Å². The minimum Gasteiger partial charge on any atom is -0.481 e. The van der Waals surface area contributed by atoms with E-state index in [2.05, 4.69) is 10.3 Å². The van der Waals surface area contributed by atoms with Crippen LogP contribution >= 0.6 is 0 Å². The number of carboxylic acid groups (broad SMARTS) is 1. The molecule has 7 nitrogen and oxygen atoms in total. The van der Waals surface area contributed by atoms with E-state index in [1.54, 1.807) is 12.1 Å². The second-order valence-corrected chi connectivity index (χ2v) is 5.29. The number of nitrogens with zero attached hydrogens (tertiary/aromatic N) is 1. The molecule has 1 aliphatic carbocycles. The van der Waals surface area contributed by atoms with Gasteiger partial charge >= 0.3 is 5.97 Å². The Bertz CT molecular complexity index is 553. The van der Waals surface area contributed by atoms with E-state index in [-0.39, 0.29) is 23.6 Å². The predicted octanol–water partition coefficient (Wildman–Crippen LogP) is 1.93. The number of hydrogen-bond acceptors (Lipinski definition) is 5. The smallest absolute Gasteiger partial charge is 0.306 e. The molecule has 2 N–H and O–H groups in total. The molecule has 0 bridgehead atoms. The summed E-state index contributed by atoms with van der Waals surface area (Å²) in [5, 5.41) is 11.8. The topological polar surface area (TPSA) is 97.8 Å². The number of aromatic nitrogens is 1. The van der Waals surface area contributed by atoms with Crippen LogP contribution < -0.4 is 14.8 Å². The second kappa shape index (κ2) is 7.11. The number of methoxy groups -OCH3 is 2. The van der Waals surface area contributed by atoms with Crippen molar-refractivity contribution >= 4 is 17.6 Å². The molecule has 1 aliphatic rings. The molecule has 7 heteroatoms. The summed E-state index contributed by atoms with van der Waals surface area (Å²) in [4.78, 5) is 27.3. The van der Waals surface area contributed by atoms with Gasteiger partial charge in [-0.3, -0.25) is 9.59 Å². The van der Waals surface area contributed by atoms with Gasteiger partial charge < -0.3 is 19.9 Å². The van der Waals surface area contributed by atoms with Gasteiger partial charge in [-0.15, -0.1) is 0 Å². The Balaban J connectivity index is 1.99. The molecule has 1 saturated carbocycles. The van der Waals surface area contributed by atoms with Crippen molar-refractivity contribution in [1.29, 1.82) is 0 Å². The lowest BCUT2D eigenvalue weighted by Crippen LogP contribution is -2.29. The lowest BCUT2D eigenvalue weighted by molar-refractivity contribution is -0.143. The molecule has 0 aromatic carbocycles. The highest BCUT2D eigenvalue weighted by Gasteiger charge is 2.30. The van der Waals surface area contributed by atoms with Gasteiger partial charge in [0.05, 0.1) is 20.1 Å². The molecule has 1 amide bonds. The average Bonchev–Trinajstić information content (AvgIpc) is 2.55. The van der Waals surface area contributed by atoms with E-state index in [1.165, 1.54) is 14.2 Å². The summed E-state index contributed by atoms with van der Waals surface area (Å²) >= 11 is 0. The van der Waals surface area contributed by atoms with Crippen molar-refractivity contribution < 1.29 is 24.2 Å². The van der Waals surface area contributed by atoms with Gasteiger partial charge in [0.25, 0.3) is 0 Å². The number of aliphatic carboxylic acids is 1. The third kappa shape index (κ3) is 3.66. The fourth-order valence-corrected chi connectivity index (χ4v) is 2.63. The van der Waals surface area contributed by atoms with Crippen LogP contribution in [-0.4, -0.2) is 36.2 Å². The number of rotatable bonds is 5. The van der Waals surface area contributed by atoms with Crippen LogP contribution in [0.3, 0.4) is 0 Å². The molecule has 0 spiro atoms. The molecule has 120 valence electrons. The zero-order valence-corrected chi connectivity index (χ0v) is 12.7. The van der Waals surface area contributed by atoms with E-state index in [0.717, 1.165) is 0 Å². The summed E-state index contributed by atoms with van der Waals surface area (Å²) in [5.74, 6) is -0.735. The van der Waals surface area contributed by atoms with E-state index in [9.17, 15) is 9.59 Å². The fraction of sp³-hybridized carbons (Fsp3) is 0.533. The number of pyridine rings is 1. The van der Waals surface area contributed by atoms with Crippen LogP contribution in [0, 0.1) is 11.8 Å². The van der Waals surface area contributed by atoms with Gasteiger partial charge in [0.2, 0.25) is 17.7 Å². The van der Waals surface area contributed by atoms with Crippen molar-refractivity contribution in [2.75, 3.05) is 19.5 Å². The Kier molecular flexibility index (Phi) is 5.19. The largest absolute Gasteiger partial charge is 0.481 e. The Morgan fingerprint density at radius 1 is 1.14 bits per heavy atom. The minimum atomic E-state index is -0.778. The highest BCUT2D eigenvalue weighted by Crippen LogP contribution is 2.31. The number of hydrogen-bond donors (Lipinski definition) is 2. The van der Waals surface area contributed by atoms with Crippen LogP contribution in [0.5, 0.6) is 11.8 Å². The van der Waals surface area contributed by atoms with Crippen molar-refractivity contribution in [3.8, 4) is 11.8 Å². The first kappa shape index (κ1) is 16.1. The molecule has 22 heavy (non-hydrogen) atoms. The monoisotopic (exact) mass is 308 g/mol. The number of carboxylic acids is 1. The molecular formula is C15H20N2O5. The van der Waals surface area contributed by atoms with Crippen LogP contribution in [0.25, 0.3) is 0 Å². The summed E-state index contributed by atoms with van der Waals surface area (Å²) in [5.41, 5.74) is 0.480. The normalized spacial score (nSPS) is 21.0. The van der Waals surface area contributed by atoms with Crippen LogP contribution in [0.2, 0.25) is 0 Å². The summed E-state index contributed by atoms with van der Waals surface area (Å²) in [6.07, 6.45) is 2.22. The van der Waals surface area contributed by atoms with Gasteiger partial charge in [-0.25, -0.2) is 0 Å². The van der Waals surface area contributed by atoms with Gasteiger partial charge in [0.1, 0.15) is 5.69 Å². The lowest BCUT2D eigenvalue weighted by atomic mass is 9.81. The number of carbonyl (C=O) groups excluding carboxylic acids is 1. The minimum absolute atomic E-state index is 0.130. The number of carbonyl (C=O) groups is 2. The second-order valence-electron chi connectivity index (χ2n) is 5.29. The zero-order valence-electron chi connectivity index (χ0n) is 12.7. The molecule has 0 atom stereocenters. The Labute approximate surface area is 128 Å². The molecule has 0 saturated heterocycles. The predicted molar refractivity (Wildman–Crippen MR) is 79.1 cm³/mol. The maximum atomic E-state index is 12.3. The number of anilines is 1. The van der Waals surface area contributed by atoms with Crippen molar-refractivity contribution in [2.45, 2.75) is 25.7 Å². The molecular weight excluding hydrogens is 288 g/mol. The van der Waals surface area contributed by atoms with Gasteiger partial charge in [-0.2, -0.15) is 4.98 Å². The summed E-state index contributed by atoms with van der Waals surface area (Å²) in [6.45, 7) is 0. The number of nitrogens with one attached hydrogen (secondary N) is 1. The molecule has 1 aromatic heterocycles. The Morgan fingerprint density at radius 3 is 2.32 bits per heavy atom. The summed E-state index contributed by atoms with van der Waals surface area (Å²) in [6, 6.07) is 3.31. The number of ether oxygens (including phenoxy) is 2. The highest BCUT2D eigenvalue weighted by atomic mass is 16.5. The van der Waals surface area contributed by atoms with Gasteiger partial charge in [-0.1, -0.05) is 0 Å². The molecule has 1 heterocycles. The molecule has 0 aliphatic heterocycles. The van der Waals surface area contributed by atoms with Crippen molar-refractivity contribution in [3.63, 3.8) is 0 Å². The average molecular weight is 308 g/mol. The fourth-order valence-electron chi connectivity index (χ4n) is 2.63. The molecule has 1 aromatic rings. The van der Waals surface area contributed by atoms with Crippen molar-refractivity contribution in [2.24, 2.45) is 11.8 Å². The lowest BCUT2D eigenvalue weighted by Gasteiger charge is -2.25. The third-order valence-corrected chi connectivity index (χ3v) is 3.94. The molecule has 1 fully saturated rings. The van der Waals surface area contributed by atoms with Crippen LogP contribution in [0.15, 0.2) is 12.1 Å². The standard InChI is InChI=1S/C15H20N2O5/c1-21-12-8-7-11(14(17-12)22-2)16-13(18)9-3-5-10(6-4-9)15(19)20/h7-10H,3-6H2,1-2H3,(H,16,18)(H,19,20). The van der Waals surface area contributed by atoms with Gasteiger partial charge in [-0.05, 0) is 31.7 Å². The molecule has 0 unspecified atom stereocenters. The molecule has 2 rings (SSSR count). The highest BCUT2D eigenvalue weighted by molar-refractivity contribution is 5.93. The zero-order chi connectivity index (χ0) is 16.1.